The van der Waals surface area contributed by atoms with Crippen LogP contribution in [0.1, 0.15) is 24.7 Å². The summed E-state index contributed by atoms with van der Waals surface area (Å²) in [6.45, 7) is 2.03. The van der Waals surface area contributed by atoms with E-state index in [-0.39, 0.29) is 4.91 Å². The van der Waals surface area contributed by atoms with Crippen LogP contribution in [0.2, 0.25) is 0 Å². The summed E-state index contributed by atoms with van der Waals surface area (Å²) in [4.78, 5) is 19.3. The molecule has 7 heteroatoms. The highest BCUT2D eigenvalue weighted by Gasteiger charge is 2.08. The van der Waals surface area contributed by atoms with Crippen LogP contribution in [0, 0.1) is 0 Å². The third-order valence-corrected chi connectivity index (χ3v) is 3.25. The van der Waals surface area contributed by atoms with E-state index in [1.54, 1.807) is 24.5 Å². The van der Waals surface area contributed by atoms with Gasteiger partial charge in [0.25, 0.3) is 0 Å². The first kappa shape index (κ1) is 14.3. The maximum absolute atomic E-state index is 11.2. The lowest BCUT2D eigenvalue weighted by Gasteiger charge is -2.05. The minimum absolute atomic E-state index is 0.0417. The number of aromatic nitrogens is 4. The van der Waals surface area contributed by atoms with E-state index in [0.29, 0.717) is 10.7 Å². The number of H-pyrrole nitrogens is 1. The van der Waals surface area contributed by atoms with Crippen molar-refractivity contribution in [3.05, 3.63) is 40.8 Å². The number of carbonyl (C=O) groups is 1. The number of hydrogen-bond acceptors (Lipinski definition) is 6. The number of carboxylic acid groups (broad SMARTS) is 1. The van der Waals surface area contributed by atoms with Crippen LogP contribution in [0.4, 0.5) is 0 Å². The number of aromatic amines is 1. The molecule has 0 aromatic carbocycles. The number of pyridine rings is 1. The van der Waals surface area contributed by atoms with E-state index in [0.717, 1.165) is 30.4 Å². The van der Waals surface area contributed by atoms with Crippen LogP contribution in [-0.2, 0) is 11.2 Å². The molecule has 2 aromatic heterocycles. The van der Waals surface area contributed by atoms with Crippen LogP contribution in [-0.4, -0.2) is 26.1 Å². The molecule has 1 N–H and O–H groups in total. The Hall–Kier alpha value is -2.15. The standard InChI is InChI=1S/C13H14N4O2S/c1-2-4-11-15-13(17-16-11)20-10(12(18)19)7-9-5-3-6-14-8-9/h3,5-8H,2,4H2,1H3,(H,18,19)(H,15,16,17)/p-1/b10-7-. The summed E-state index contributed by atoms with van der Waals surface area (Å²) >= 11 is 0.956. The number of rotatable bonds is 6. The molecule has 20 heavy (non-hydrogen) atoms. The van der Waals surface area contributed by atoms with Crippen LogP contribution >= 0.6 is 11.8 Å². The smallest absolute Gasteiger partial charge is 0.213 e. The highest BCUT2D eigenvalue weighted by molar-refractivity contribution is 8.04. The molecular weight excluding hydrogens is 276 g/mol. The van der Waals surface area contributed by atoms with E-state index in [1.807, 2.05) is 6.92 Å². The van der Waals surface area contributed by atoms with Gasteiger partial charge >= 0.3 is 0 Å². The second kappa shape index (κ2) is 6.85. The quantitative estimate of drug-likeness (QED) is 0.630. The molecule has 0 unspecified atom stereocenters. The Kier molecular flexibility index (Phi) is 4.89. The topological polar surface area (TPSA) is 94.6 Å². The summed E-state index contributed by atoms with van der Waals surface area (Å²) in [6, 6.07) is 3.49. The van der Waals surface area contributed by atoms with Gasteiger partial charge in [0.2, 0.25) is 5.16 Å². The van der Waals surface area contributed by atoms with E-state index in [9.17, 15) is 9.90 Å². The van der Waals surface area contributed by atoms with E-state index in [4.69, 9.17) is 0 Å². The molecule has 0 amide bonds. The van der Waals surface area contributed by atoms with Crippen molar-refractivity contribution in [1.29, 1.82) is 0 Å². The average Bonchev–Trinajstić information content (AvgIpc) is 2.87. The Balaban J connectivity index is 2.17. The maximum Gasteiger partial charge on any atom is 0.213 e. The van der Waals surface area contributed by atoms with Crippen LogP contribution in [0.25, 0.3) is 6.08 Å². The molecule has 0 atom stereocenters. The predicted molar refractivity (Wildman–Crippen MR) is 73.5 cm³/mol. The molecule has 0 fully saturated rings. The van der Waals surface area contributed by atoms with Gasteiger partial charge in [0.05, 0.1) is 5.97 Å². The van der Waals surface area contributed by atoms with Crippen molar-refractivity contribution >= 4 is 23.8 Å². The molecule has 0 saturated carbocycles. The third-order valence-electron chi connectivity index (χ3n) is 2.38. The van der Waals surface area contributed by atoms with Crippen LogP contribution < -0.4 is 5.11 Å². The minimum atomic E-state index is -1.26. The van der Waals surface area contributed by atoms with Gasteiger partial charge in [-0.1, -0.05) is 13.0 Å². The molecule has 0 spiro atoms. The van der Waals surface area contributed by atoms with Gasteiger partial charge in [-0.3, -0.25) is 10.1 Å². The van der Waals surface area contributed by atoms with Gasteiger partial charge in [-0.2, -0.15) is 0 Å². The van der Waals surface area contributed by atoms with Crippen molar-refractivity contribution in [2.75, 3.05) is 0 Å². The monoisotopic (exact) mass is 289 g/mol. The number of nitrogens with one attached hydrogen (secondary N) is 1. The van der Waals surface area contributed by atoms with E-state index >= 15 is 0 Å². The lowest BCUT2D eigenvalue weighted by atomic mass is 10.2. The molecule has 0 saturated heterocycles. The number of aliphatic carboxylic acids is 1. The zero-order valence-corrected chi connectivity index (χ0v) is 11.7. The molecular formula is C13H13N4O2S-. The van der Waals surface area contributed by atoms with Crippen LogP contribution in [0.15, 0.2) is 34.6 Å². The number of hydrogen-bond donors (Lipinski definition) is 1. The Bertz CT molecular complexity index is 610. The Labute approximate surface area is 120 Å². The Morgan fingerprint density at radius 2 is 2.40 bits per heavy atom. The number of carbonyl (C=O) groups excluding carboxylic acids is 1. The number of thioether (sulfide) groups is 1. The van der Waals surface area contributed by atoms with Crippen molar-refractivity contribution in [2.45, 2.75) is 24.9 Å². The van der Waals surface area contributed by atoms with Gasteiger partial charge in [-0.25, -0.2) is 4.98 Å². The van der Waals surface area contributed by atoms with E-state index in [2.05, 4.69) is 20.2 Å². The van der Waals surface area contributed by atoms with Crippen molar-refractivity contribution in [1.82, 2.24) is 20.2 Å². The number of carboxylic acids is 1. The number of aryl methyl sites for hydroxylation is 1. The first-order chi connectivity index (χ1) is 9.69. The summed E-state index contributed by atoms with van der Waals surface area (Å²) in [6.07, 6.45) is 6.40. The van der Waals surface area contributed by atoms with Gasteiger partial charge in [0.1, 0.15) is 5.82 Å². The SMILES string of the molecule is CCCc1nc(S/C(=C\c2cccnc2)C(=O)[O-])n[nH]1. The molecule has 0 aliphatic rings. The maximum atomic E-state index is 11.2. The predicted octanol–water partition coefficient (Wildman–Crippen LogP) is 1.04. The zero-order valence-electron chi connectivity index (χ0n) is 10.9. The minimum Gasteiger partial charge on any atom is -0.544 e. The van der Waals surface area contributed by atoms with Crippen molar-refractivity contribution < 1.29 is 9.90 Å². The van der Waals surface area contributed by atoms with Crippen LogP contribution in [0.5, 0.6) is 0 Å². The lowest BCUT2D eigenvalue weighted by molar-refractivity contribution is -0.297. The van der Waals surface area contributed by atoms with E-state index in [1.165, 1.54) is 6.08 Å². The molecule has 0 aliphatic heterocycles. The van der Waals surface area contributed by atoms with Gasteiger partial charge < -0.3 is 9.90 Å². The molecule has 2 heterocycles. The second-order valence-electron chi connectivity index (χ2n) is 4.00. The fraction of sp³-hybridized carbons (Fsp3) is 0.231. The molecule has 0 radical (unpaired) electrons. The van der Waals surface area contributed by atoms with Gasteiger partial charge in [0, 0.05) is 23.7 Å². The molecule has 6 nitrogen and oxygen atoms in total. The number of nitrogens with zero attached hydrogens (tertiary/aromatic N) is 3. The van der Waals surface area contributed by atoms with Crippen LogP contribution in [0.3, 0.4) is 0 Å². The largest absolute Gasteiger partial charge is 0.544 e. The highest BCUT2D eigenvalue weighted by Crippen LogP contribution is 2.24. The summed E-state index contributed by atoms with van der Waals surface area (Å²) in [7, 11) is 0. The fourth-order valence-electron chi connectivity index (χ4n) is 1.51. The molecule has 104 valence electrons. The normalized spacial score (nSPS) is 11.6. The molecule has 0 bridgehead atoms. The van der Waals surface area contributed by atoms with Crippen molar-refractivity contribution in [2.24, 2.45) is 0 Å². The first-order valence-corrected chi connectivity index (χ1v) is 6.93. The summed E-state index contributed by atoms with van der Waals surface area (Å²) in [5.74, 6) is -0.519. The van der Waals surface area contributed by atoms with Gasteiger partial charge in [-0.05, 0) is 35.9 Å². The second-order valence-corrected chi connectivity index (χ2v) is 5.01. The molecule has 2 aromatic rings. The Morgan fingerprint density at radius 1 is 1.55 bits per heavy atom. The summed E-state index contributed by atoms with van der Waals surface area (Å²) < 4.78 is 0. The third kappa shape index (κ3) is 3.92. The zero-order chi connectivity index (χ0) is 14.4. The van der Waals surface area contributed by atoms with Gasteiger partial charge in [0.15, 0.2) is 0 Å². The van der Waals surface area contributed by atoms with E-state index < -0.39 is 5.97 Å². The highest BCUT2D eigenvalue weighted by atomic mass is 32.2. The van der Waals surface area contributed by atoms with Crippen molar-refractivity contribution in [3.8, 4) is 0 Å². The Morgan fingerprint density at radius 3 is 3.05 bits per heavy atom. The van der Waals surface area contributed by atoms with Crippen molar-refractivity contribution in [3.63, 3.8) is 0 Å². The molecule has 0 aliphatic carbocycles. The lowest BCUT2D eigenvalue weighted by Crippen LogP contribution is -2.23. The average molecular weight is 289 g/mol. The fourth-order valence-corrected chi connectivity index (χ4v) is 2.24. The van der Waals surface area contributed by atoms with Gasteiger partial charge in [-0.15, -0.1) is 5.10 Å². The molecule has 2 rings (SSSR count). The first-order valence-electron chi connectivity index (χ1n) is 6.11. The summed E-state index contributed by atoms with van der Waals surface area (Å²) in [5, 5.41) is 18.3. The summed E-state index contributed by atoms with van der Waals surface area (Å²) in [5.41, 5.74) is 0.684.